The lowest BCUT2D eigenvalue weighted by Crippen LogP contribution is -2.48. The summed E-state index contributed by atoms with van der Waals surface area (Å²) in [6.07, 6.45) is 8.15. The van der Waals surface area contributed by atoms with Gasteiger partial charge in [-0.15, -0.1) is 0 Å². The number of carbonyl (C=O) groups is 1. The number of aryl methyl sites for hydroxylation is 1. The number of aliphatic hydroxyl groups is 1. The van der Waals surface area contributed by atoms with Gasteiger partial charge in [0.25, 0.3) is 5.91 Å². The Morgan fingerprint density at radius 3 is 2.76 bits per heavy atom. The van der Waals surface area contributed by atoms with Crippen molar-refractivity contribution in [1.82, 2.24) is 20.1 Å². The smallest absolute Gasteiger partial charge is 0.254 e. The third-order valence-corrected chi connectivity index (χ3v) is 5.02. The van der Waals surface area contributed by atoms with Gasteiger partial charge in [-0.1, -0.05) is 6.92 Å². The number of hydrogen-bond acceptors (Lipinski definition) is 4. The van der Waals surface area contributed by atoms with E-state index in [-0.39, 0.29) is 18.1 Å². The van der Waals surface area contributed by atoms with Crippen LogP contribution in [0.25, 0.3) is 0 Å². The summed E-state index contributed by atoms with van der Waals surface area (Å²) in [6.45, 7) is 4.84. The third-order valence-electron chi connectivity index (χ3n) is 5.02. The van der Waals surface area contributed by atoms with Crippen LogP contribution in [-0.4, -0.2) is 37.9 Å². The summed E-state index contributed by atoms with van der Waals surface area (Å²) in [5, 5.41) is 17.1. The van der Waals surface area contributed by atoms with Gasteiger partial charge in [0.05, 0.1) is 17.9 Å². The molecule has 1 aliphatic carbocycles. The molecule has 0 unspecified atom stereocenters. The molecule has 0 aliphatic heterocycles. The van der Waals surface area contributed by atoms with E-state index in [0.717, 1.165) is 43.5 Å². The van der Waals surface area contributed by atoms with Gasteiger partial charge in [0.2, 0.25) is 0 Å². The highest BCUT2D eigenvalue weighted by molar-refractivity contribution is 5.95. The molecular formula is C19H26N4O2. The maximum Gasteiger partial charge on any atom is 0.254 e. The molecule has 0 spiro atoms. The van der Waals surface area contributed by atoms with Crippen molar-refractivity contribution >= 4 is 5.91 Å². The van der Waals surface area contributed by atoms with Gasteiger partial charge in [0, 0.05) is 30.7 Å². The van der Waals surface area contributed by atoms with E-state index in [9.17, 15) is 9.90 Å². The van der Waals surface area contributed by atoms with Gasteiger partial charge >= 0.3 is 0 Å². The van der Waals surface area contributed by atoms with Crippen LogP contribution in [0.1, 0.15) is 47.8 Å². The molecule has 134 valence electrons. The van der Waals surface area contributed by atoms with Crippen LogP contribution in [0.2, 0.25) is 0 Å². The zero-order valence-electron chi connectivity index (χ0n) is 14.9. The molecule has 2 aromatic heterocycles. The van der Waals surface area contributed by atoms with Gasteiger partial charge in [0.1, 0.15) is 0 Å². The Morgan fingerprint density at radius 2 is 2.12 bits per heavy atom. The highest BCUT2D eigenvalue weighted by atomic mass is 16.3. The maximum absolute atomic E-state index is 12.8. The van der Waals surface area contributed by atoms with Crippen LogP contribution >= 0.6 is 0 Å². The molecule has 2 heterocycles. The van der Waals surface area contributed by atoms with Crippen molar-refractivity contribution in [3.05, 3.63) is 47.5 Å². The summed E-state index contributed by atoms with van der Waals surface area (Å²) in [4.78, 5) is 16.8. The van der Waals surface area contributed by atoms with Gasteiger partial charge in [-0.3, -0.25) is 14.5 Å². The topological polar surface area (TPSA) is 80.0 Å². The fourth-order valence-corrected chi connectivity index (χ4v) is 3.42. The molecule has 2 N–H and O–H groups in total. The summed E-state index contributed by atoms with van der Waals surface area (Å²) < 4.78 is 1.87. The van der Waals surface area contributed by atoms with Gasteiger partial charge in [0.15, 0.2) is 0 Å². The summed E-state index contributed by atoms with van der Waals surface area (Å²) in [7, 11) is 0. The van der Waals surface area contributed by atoms with Crippen molar-refractivity contribution in [3.8, 4) is 0 Å². The fourth-order valence-electron chi connectivity index (χ4n) is 3.42. The van der Waals surface area contributed by atoms with Crippen molar-refractivity contribution in [3.63, 3.8) is 0 Å². The Balaban J connectivity index is 1.72. The van der Waals surface area contributed by atoms with Crippen LogP contribution in [0, 0.1) is 12.8 Å². The van der Waals surface area contributed by atoms with E-state index in [1.165, 1.54) is 0 Å². The first-order valence-corrected chi connectivity index (χ1v) is 8.98. The number of nitrogens with one attached hydrogen (secondary N) is 1. The van der Waals surface area contributed by atoms with Crippen LogP contribution in [0.3, 0.4) is 0 Å². The summed E-state index contributed by atoms with van der Waals surface area (Å²) in [5.74, 6) is 0.221. The average Bonchev–Trinajstić information content (AvgIpc) is 2.94. The number of aromatic nitrogens is 3. The Morgan fingerprint density at radius 1 is 1.40 bits per heavy atom. The minimum absolute atomic E-state index is 0.00669. The zero-order chi connectivity index (χ0) is 17.8. The lowest BCUT2D eigenvalue weighted by Gasteiger charge is -2.38. The molecule has 25 heavy (non-hydrogen) atoms. The molecule has 1 atom stereocenters. The van der Waals surface area contributed by atoms with Crippen LogP contribution in [0.15, 0.2) is 30.7 Å². The average molecular weight is 342 g/mol. The number of amides is 1. The number of aliphatic hydroxyl groups excluding tert-OH is 1. The van der Waals surface area contributed by atoms with Gasteiger partial charge in [-0.25, -0.2) is 0 Å². The van der Waals surface area contributed by atoms with E-state index in [1.807, 2.05) is 23.7 Å². The minimum atomic E-state index is -0.240. The lowest BCUT2D eigenvalue weighted by molar-refractivity contribution is 0.0239. The van der Waals surface area contributed by atoms with Crippen molar-refractivity contribution < 1.29 is 9.90 Å². The van der Waals surface area contributed by atoms with Crippen LogP contribution in [0.4, 0.5) is 0 Å². The highest BCUT2D eigenvalue weighted by Gasteiger charge is 2.35. The van der Waals surface area contributed by atoms with Crippen molar-refractivity contribution in [1.29, 1.82) is 0 Å². The molecule has 1 saturated carbocycles. The molecular weight excluding hydrogens is 316 g/mol. The van der Waals surface area contributed by atoms with Crippen LogP contribution < -0.4 is 5.32 Å². The first-order chi connectivity index (χ1) is 12.1. The van der Waals surface area contributed by atoms with Gasteiger partial charge in [-0.2, -0.15) is 5.10 Å². The molecule has 6 nitrogen and oxygen atoms in total. The van der Waals surface area contributed by atoms with E-state index >= 15 is 0 Å². The molecule has 1 aliphatic rings. The third kappa shape index (κ3) is 4.07. The molecule has 0 radical (unpaired) electrons. The lowest BCUT2D eigenvalue weighted by atomic mass is 9.75. The predicted molar refractivity (Wildman–Crippen MR) is 95.2 cm³/mol. The van der Waals surface area contributed by atoms with E-state index in [1.54, 1.807) is 18.6 Å². The highest BCUT2D eigenvalue weighted by Crippen LogP contribution is 2.32. The van der Waals surface area contributed by atoms with Gasteiger partial charge in [-0.05, 0) is 56.2 Å². The van der Waals surface area contributed by atoms with E-state index in [0.29, 0.717) is 11.5 Å². The maximum atomic E-state index is 12.8. The van der Waals surface area contributed by atoms with E-state index in [4.69, 9.17) is 0 Å². The molecule has 1 amide bonds. The number of nitrogens with zero attached hydrogens (tertiary/aromatic N) is 3. The van der Waals surface area contributed by atoms with Crippen LogP contribution in [0.5, 0.6) is 0 Å². The van der Waals surface area contributed by atoms with E-state index in [2.05, 4.69) is 22.3 Å². The van der Waals surface area contributed by atoms with E-state index < -0.39 is 0 Å². The number of pyridine rings is 1. The monoisotopic (exact) mass is 342 g/mol. The second-order valence-corrected chi connectivity index (χ2v) is 6.89. The van der Waals surface area contributed by atoms with Gasteiger partial charge < -0.3 is 10.4 Å². The summed E-state index contributed by atoms with van der Waals surface area (Å²) in [6, 6.07) is 3.95. The second kappa shape index (κ2) is 7.78. The number of rotatable bonds is 7. The Hall–Kier alpha value is -2.21. The quantitative estimate of drug-likeness (QED) is 0.808. The SMILES string of the molecule is CCCn1ncc(C(=O)N[C@H](Cc2ccncc2)C2CC(O)C2)c1C. The Kier molecular flexibility index (Phi) is 5.48. The van der Waals surface area contributed by atoms with Crippen molar-refractivity contribution in [2.45, 2.75) is 58.2 Å². The summed E-state index contributed by atoms with van der Waals surface area (Å²) in [5.41, 5.74) is 2.67. The molecule has 0 aromatic carbocycles. The first kappa shape index (κ1) is 17.6. The molecule has 0 saturated heterocycles. The predicted octanol–water partition coefficient (Wildman–Crippen LogP) is 2.11. The zero-order valence-corrected chi connectivity index (χ0v) is 14.9. The molecule has 1 fully saturated rings. The number of carbonyl (C=O) groups excluding carboxylic acids is 1. The largest absolute Gasteiger partial charge is 0.393 e. The molecule has 3 rings (SSSR count). The molecule has 0 bridgehead atoms. The second-order valence-electron chi connectivity index (χ2n) is 6.89. The Bertz CT molecular complexity index is 707. The van der Waals surface area contributed by atoms with Crippen LogP contribution in [-0.2, 0) is 13.0 Å². The normalized spacial score (nSPS) is 20.8. The van der Waals surface area contributed by atoms with Crippen molar-refractivity contribution in [2.75, 3.05) is 0 Å². The Labute approximate surface area is 148 Å². The van der Waals surface area contributed by atoms with Crippen molar-refractivity contribution in [2.24, 2.45) is 5.92 Å². The standard InChI is InChI=1S/C19H26N4O2/c1-3-8-23-13(2)17(12-21-23)19(25)22-18(15-10-16(24)11-15)9-14-4-6-20-7-5-14/h4-7,12,15-16,18,24H,3,8-11H2,1-2H3,(H,22,25)/t15?,16?,18-/m1/s1. The summed E-state index contributed by atoms with van der Waals surface area (Å²) >= 11 is 0. The minimum Gasteiger partial charge on any atom is -0.393 e. The first-order valence-electron chi connectivity index (χ1n) is 8.98. The molecule has 2 aromatic rings. The fraction of sp³-hybridized carbons (Fsp3) is 0.526. The number of hydrogen-bond donors (Lipinski definition) is 2. The molecule has 6 heteroatoms.